The molecule has 0 radical (unpaired) electrons. The van der Waals surface area contributed by atoms with Gasteiger partial charge in [-0.3, -0.25) is 10.2 Å². The topological polar surface area (TPSA) is 50.4 Å². The van der Waals surface area contributed by atoms with Gasteiger partial charge in [-0.1, -0.05) is 51.2 Å². The van der Waals surface area contributed by atoms with Crippen LogP contribution in [0, 0.1) is 0 Å². The largest absolute Gasteiger partial charge is 0.494 e. The van der Waals surface area contributed by atoms with Gasteiger partial charge in [-0.25, -0.2) is 5.43 Å². The maximum atomic E-state index is 11.4. The molecule has 2 rings (SSSR count). The lowest BCUT2D eigenvalue weighted by molar-refractivity contribution is -0.116. The van der Waals surface area contributed by atoms with Gasteiger partial charge < -0.3 is 4.74 Å². The predicted molar refractivity (Wildman–Crippen MR) is 89.4 cm³/mol. The zero-order valence-corrected chi connectivity index (χ0v) is 13.4. The Kier molecular flexibility index (Phi) is 6.97. The average molecular weight is 302 g/mol. The summed E-state index contributed by atoms with van der Waals surface area (Å²) in [5.74, 6) is 0.841. The molecular weight excluding hydrogens is 276 g/mol. The van der Waals surface area contributed by atoms with Gasteiger partial charge in [0.05, 0.1) is 6.61 Å². The van der Waals surface area contributed by atoms with E-state index in [9.17, 15) is 4.79 Å². The molecule has 1 heterocycles. The maximum Gasteiger partial charge on any atom is 0.262 e. The van der Waals surface area contributed by atoms with Crippen molar-refractivity contribution in [2.45, 2.75) is 45.4 Å². The molecule has 0 aromatic heterocycles. The van der Waals surface area contributed by atoms with Crippen LogP contribution in [0.1, 0.15) is 51.0 Å². The van der Waals surface area contributed by atoms with Crippen LogP contribution in [0.25, 0.3) is 6.08 Å². The number of rotatable bonds is 9. The number of carbonyl (C=O) groups is 1. The summed E-state index contributed by atoms with van der Waals surface area (Å²) in [7, 11) is 0. The van der Waals surface area contributed by atoms with Crippen molar-refractivity contribution in [2.75, 3.05) is 13.2 Å². The zero-order chi connectivity index (χ0) is 15.6. The Bertz CT molecular complexity index is 494. The molecule has 0 atom stereocenters. The van der Waals surface area contributed by atoms with Gasteiger partial charge in [-0.2, -0.15) is 0 Å². The zero-order valence-electron chi connectivity index (χ0n) is 13.4. The summed E-state index contributed by atoms with van der Waals surface area (Å²) in [4.78, 5) is 11.4. The van der Waals surface area contributed by atoms with E-state index in [0.717, 1.165) is 29.9 Å². The highest BCUT2D eigenvalue weighted by molar-refractivity contribution is 5.99. The van der Waals surface area contributed by atoms with Crippen LogP contribution in [-0.2, 0) is 4.79 Å². The minimum atomic E-state index is -0.0524. The highest BCUT2D eigenvalue weighted by Gasteiger charge is 2.14. The van der Waals surface area contributed by atoms with Crippen LogP contribution in [0.15, 0.2) is 29.8 Å². The average Bonchev–Trinajstić information content (AvgIpc) is 2.93. The normalized spacial score (nSPS) is 16.0. The Morgan fingerprint density at radius 3 is 2.50 bits per heavy atom. The molecule has 0 saturated carbocycles. The first kappa shape index (κ1) is 16.6. The number of ether oxygens (including phenoxy) is 1. The van der Waals surface area contributed by atoms with E-state index < -0.39 is 0 Å². The van der Waals surface area contributed by atoms with Gasteiger partial charge in [0.2, 0.25) is 0 Å². The monoisotopic (exact) mass is 302 g/mol. The Morgan fingerprint density at radius 2 is 1.82 bits per heavy atom. The van der Waals surface area contributed by atoms with Crippen LogP contribution in [0.3, 0.4) is 0 Å². The minimum Gasteiger partial charge on any atom is -0.494 e. The highest BCUT2D eigenvalue weighted by atomic mass is 16.5. The van der Waals surface area contributed by atoms with E-state index in [1.165, 1.54) is 32.1 Å². The first-order valence-corrected chi connectivity index (χ1v) is 8.26. The SMILES string of the molecule is CCCCCCCCOc1ccc(/C=C2\CNNC2=O)cc1. The Labute approximate surface area is 132 Å². The third-order valence-corrected chi connectivity index (χ3v) is 3.76. The highest BCUT2D eigenvalue weighted by Crippen LogP contribution is 2.16. The lowest BCUT2D eigenvalue weighted by Gasteiger charge is -2.06. The number of unbranched alkanes of at least 4 members (excludes halogenated alkanes) is 5. The molecule has 120 valence electrons. The van der Waals surface area contributed by atoms with Crippen molar-refractivity contribution in [3.8, 4) is 5.75 Å². The van der Waals surface area contributed by atoms with Gasteiger partial charge in [-0.15, -0.1) is 0 Å². The van der Waals surface area contributed by atoms with Crippen molar-refractivity contribution in [2.24, 2.45) is 0 Å². The molecule has 0 aliphatic carbocycles. The number of amides is 1. The molecule has 4 heteroatoms. The summed E-state index contributed by atoms with van der Waals surface area (Å²) in [5.41, 5.74) is 7.15. The Balaban J connectivity index is 1.70. The van der Waals surface area contributed by atoms with E-state index in [1.807, 2.05) is 30.3 Å². The first-order valence-electron chi connectivity index (χ1n) is 8.26. The second kappa shape index (κ2) is 9.26. The maximum absolute atomic E-state index is 11.4. The number of carbonyl (C=O) groups excluding carboxylic acids is 1. The molecule has 2 N–H and O–H groups in total. The van der Waals surface area contributed by atoms with Gasteiger partial charge >= 0.3 is 0 Å². The molecule has 4 nitrogen and oxygen atoms in total. The van der Waals surface area contributed by atoms with E-state index in [-0.39, 0.29) is 5.91 Å². The van der Waals surface area contributed by atoms with Gasteiger partial charge in [0, 0.05) is 12.1 Å². The Hall–Kier alpha value is -1.81. The van der Waals surface area contributed by atoms with Crippen molar-refractivity contribution in [3.05, 3.63) is 35.4 Å². The minimum absolute atomic E-state index is 0.0524. The van der Waals surface area contributed by atoms with Gasteiger partial charge in [0.15, 0.2) is 0 Å². The van der Waals surface area contributed by atoms with Crippen LogP contribution < -0.4 is 15.6 Å². The quantitative estimate of drug-likeness (QED) is 0.542. The molecule has 1 aromatic carbocycles. The molecule has 1 aliphatic rings. The third-order valence-electron chi connectivity index (χ3n) is 3.76. The second-order valence-electron chi connectivity index (χ2n) is 5.66. The number of hydrogen-bond donors (Lipinski definition) is 2. The van der Waals surface area contributed by atoms with E-state index in [4.69, 9.17) is 4.74 Å². The van der Waals surface area contributed by atoms with E-state index >= 15 is 0 Å². The van der Waals surface area contributed by atoms with E-state index in [0.29, 0.717) is 6.54 Å². The lowest BCUT2D eigenvalue weighted by atomic mass is 10.1. The van der Waals surface area contributed by atoms with Crippen molar-refractivity contribution < 1.29 is 9.53 Å². The summed E-state index contributed by atoms with van der Waals surface area (Å²) in [5, 5.41) is 0. The van der Waals surface area contributed by atoms with Crippen LogP contribution in [0.4, 0.5) is 0 Å². The smallest absolute Gasteiger partial charge is 0.262 e. The number of benzene rings is 1. The molecule has 0 unspecified atom stereocenters. The molecule has 1 saturated heterocycles. The van der Waals surface area contributed by atoms with Crippen molar-refractivity contribution in [3.63, 3.8) is 0 Å². The van der Waals surface area contributed by atoms with Crippen molar-refractivity contribution >= 4 is 12.0 Å². The molecule has 0 spiro atoms. The first-order chi connectivity index (χ1) is 10.8. The van der Waals surface area contributed by atoms with Crippen LogP contribution in [-0.4, -0.2) is 19.1 Å². The fraction of sp³-hybridized carbons (Fsp3) is 0.500. The van der Waals surface area contributed by atoms with Crippen molar-refractivity contribution in [1.82, 2.24) is 10.9 Å². The van der Waals surface area contributed by atoms with Crippen LogP contribution in [0.5, 0.6) is 5.75 Å². The third kappa shape index (κ3) is 5.53. The summed E-state index contributed by atoms with van der Waals surface area (Å²) < 4.78 is 5.75. The van der Waals surface area contributed by atoms with Crippen LogP contribution in [0.2, 0.25) is 0 Å². The Morgan fingerprint density at radius 1 is 1.09 bits per heavy atom. The van der Waals surface area contributed by atoms with Crippen molar-refractivity contribution in [1.29, 1.82) is 0 Å². The van der Waals surface area contributed by atoms with Gasteiger partial charge in [0.25, 0.3) is 5.91 Å². The van der Waals surface area contributed by atoms with E-state index in [1.54, 1.807) is 0 Å². The standard InChI is InChI=1S/C18H26N2O2/c1-2-3-4-5-6-7-12-22-17-10-8-15(9-11-17)13-16-14-19-20-18(16)21/h8-11,13,19H,2-7,12,14H2,1H3,(H,20,21)/b16-13+. The summed E-state index contributed by atoms with van der Waals surface area (Å²) in [6, 6.07) is 7.89. The molecule has 1 aliphatic heterocycles. The fourth-order valence-electron chi connectivity index (χ4n) is 2.43. The molecule has 22 heavy (non-hydrogen) atoms. The summed E-state index contributed by atoms with van der Waals surface area (Å²) in [6.07, 6.45) is 9.52. The molecule has 1 aromatic rings. The lowest BCUT2D eigenvalue weighted by Crippen LogP contribution is -2.25. The number of hydrazine groups is 1. The number of hydrogen-bond acceptors (Lipinski definition) is 3. The molecule has 1 amide bonds. The molecule has 1 fully saturated rings. The van der Waals surface area contributed by atoms with E-state index in [2.05, 4.69) is 17.8 Å². The second-order valence-corrected chi connectivity index (χ2v) is 5.66. The van der Waals surface area contributed by atoms with Gasteiger partial charge in [0.1, 0.15) is 5.75 Å². The van der Waals surface area contributed by atoms with Crippen LogP contribution >= 0.6 is 0 Å². The molecule has 0 bridgehead atoms. The summed E-state index contributed by atoms with van der Waals surface area (Å²) in [6.45, 7) is 3.58. The molecular formula is C18H26N2O2. The number of nitrogens with one attached hydrogen (secondary N) is 2. The predicted octanol–water partition coefficient (Wildman–Crippen LogP) is 3.44. The van der Waals surface area contributed by atoms with Gasteiger partial charge in [-0.05, 0) is 30.2 Å². The summed E-state index contributed by atoms with van der Waals surface area (Å²) >= 11 is 0. The fourth-order valence-corrected chi connectivity index (χ4v) is 2.43.